The lowest BCUT2D eigenvalue weighted by Gasteiger charge is -2.26. The van der Waals surface area contributed by atoms with E-state index >= 15 is 0 Å². The number of hydrogen-bond donors (Lipinski definition) is 1. The zero-order valence-corrected chi connectivity index (χ0v) is 16.1. The van der Waals surface area contributed by atoms with Crippen molar-refractivity contribution in [1.29, 1.82) is 0 Å². The van der Waals surface area contributed by atoms with E-state index in [4.69, 9.17) is 4.74 Å². The van der Waals surface area contributed by atoms with E-state index in [9.17, 15) is 18.0 Å². The SMILES string of the molecule is Cn1nc(C(=O)Nc2cccc(CN3CCOCC3)c2)c(Br)c1C(F)(F)F. The molecule has 1 fully saturated rings. The summed E-state index contributed by atoms with van der Waals surface area (Å²) in [6.45, 7) is 3.74. The van der Waals surface area contributed by atoms with Crippen molar-refractivity contribution < 1.29 is 22.7 Å². The maximum atomic E-state index is 13.1. The third kappa shape index (κ3) is 4.69. The predicted molar refractivity (Wildman–Crippen MR) is 96.4 cm³/mol. The summed E-state index contributed by atoms with van der Waals surface area (Å²) in [5.74, 6) is -0.712. The zero-order valence-electron chi connectivity index (χ0n) is 14.5. The first kappa shape index (κ1) is 19.8. The number of carbonyl (C=O) groups is 1. The highest BCUT2D eigenvalue weighted by atomic mass is 79.9. The second kappa shape index (κ2) is 7.99. The first-order valence-electron chi connectivity index (χ1n) is 8.26. The van der Waals surface area contributed by atoms with Gasteiger partial charge in [0.2, 0.25) is 0 Å². The number of anilines is 1. The first-order chi connectivity index (χ1) is 12.8. The molecular formula is C17H18BrF3N4O2. The van der Waals surface area contributed by atoms with Gasteiger partial charge in [0.15, 0.2) is 11.4 Å². The van der Waals surface area contributed by atoms with Crippen molar-refractivity contribution in [3.63, 3.8) is 0 Å². The number of nitrogens with one attached hydrogen (secondary N) is 1. The average Bonchev–Trinajstić information content (AvgIpc) is 2.90. The second-order valence-corrected chi connectivity index (χ2v) is 6.97. The number of amides is 1. The Bertz CT molecular complexity index is 832. The Balaban J connectivity index is 1.74. The van der Waals surface area contributed by atoms with E-state index in [1.54, 1.807) is 18.2 Å². The van der Waals surface area contributed by atoms with Gasteiger partial charge in [-0.3, -0.25) is 14.4 Å². The minimum Gasteiger partial charge on any atom is -0.379 e. The number of rotatable bonds is 4. The van der Waals surface area contributed by atoms with Crippen LogP contribution >= 0.6 is 15.9 Å². The second-order valence-electron chi connectivity index (χ2n) is 6.18. The minimum absolute atomic E-state index is 0.316. The summed E-state index contributed by atoms with van der Waals surface area (Å²) in [7, 11) is 1.15. The van der Waals surface area contributed by atoms with Crippen LogP contribution < -0.4 is 5.32 Å². The molecule has 2 aromatic rings. The summed E-state index contributed by atoms with van der Waals surface area (Å²) in [4.78, 5) is 14.6. The van der Waals surface area contributed by atoms with Gasteiger partial charge in [-0.15, -0.1) is 0 Å². The van der Waals surface area contributed by atoms with Crippen LogP contribution in [0.4, 0.5) is 18.9 Å². The number of aromatic nitrogens is 2. The van der Waals surface area contributed by atoms with Gasteiger partial charge >= 0.3 is 6.18 Å². The van der Waals surface area contributed by atoms with Gasteiger partial charge in [-0.1, -0.05) is 12.1 Å². The molecule has 27 heavy (non-hydrogen) atoms. The number of morpholine rings is 1. The molecule has 3 rings (SSSR count). The molecule has 1 saturated heterocycles. The van der Waals surface area contributed by atoms with E-state index in [1.807, 2.05) is 6.07 Å². The van der Waals surface area contributed by atoms with Gasteiger partial charge in [-0.25, -0.2) is 0 Å². The molecule has 10 heteroatoms. The van der Waals surface area contributed by atoms with E-state index in [-0.39, 0.29) is 10.2 Å². The normalized spacial score (nSPS) is 15.7. The van der Waals surface area contributed by atoms with Crippen molar-refractivity contribution in [3.8, 4) is 0 Å². The van der Waals surface area contributed by atoms with Crippen LogP contribution in [-0.2, 0) is 24.5 Å². The lowest BCUT2D eigenvalue weighted by atomic mass is 10.1. The molecular weight excluding hydrogens is 429 g/mol. The Morgan fingerprint density at radius 1 is 1.33 bits per heavy atom. The van der Waals surface area contributed by atoms with Gasteiger partial charge in [-0.05, 0) is 33.6 Å². The summed E-state index contributed by atoms with van der Waals surface area (Å²) < 4.78 is 44.7. The lowest BCUT2D eigenvalue weighted by Crippen LogP contribution is -2.35. The van der Waals surface area contributed by atoms with Crippen LogP contribution in [-0.4, -0.2) is 46.9 Å². The number of alkyl halides is 3. The molecule has 2 heterocycles. The number of hydrogen-bond acceptors (Lipinski definition) is 4. The first-order valence-corrected chi connectivity index (χ1v) is 9.05. The topological polar surface area (TPSA) is 59.4 Å². The standard InChI is InChI=1S/C17H18BrF3N4O2/c1-24-15(17(19,20)21)13(18)14(23-24)16(26)22-12-4-2-3-11(9-12)10-25-5-7-27-8-6-25/h2-4,9H,5-8,10H2,1H3,(H,22,26). The molecule has 1 N–H and O–H groups in total. The third-order valence-corrected chi connectivity index (χ3v) is 4.92. The van der Waals surface area contributed by atoms with Crippen LogP contribution in [0.5, 0.6) is 0 Å². The summed E-state index contributed by atoms with van der Waals surface area (Å²) >= 11 is 2.85. The van der Waals surface area contributed by atoms with E-state index in [1.165, 1.54) is 0 Å². The van der Waals surface area contributed by atoms with Gasteiger partial charge in [0.25, 0.3) is 5.91 Å². The van der Waals surface area contributed by atoms with Crippen molar-refractivity contribution >= 4 is 27.5 Å². The van der Waals surface area contributed by atoms with E-state index in [0.29, 0.717) is 30.1 Å². The number of halogens is 4. The fraction of sp³-hybridized carbons (Fsp3) is 0.412. The highest BCUT2D eigenvalue weighted by Gasteiger charge is 2.39. The van der Waals surface area contributed by atoms with Gasteiger partial charge in [0.1, 0.15) is 0 Å². The molecule has 6 nitrogen and oxygen atoms in total. The fourth-order valence-corrected chi connectivity index (χ4v) is 3.65. The molecule has 0 saturated carbocycles. The quantitative estimate of drug-likeness (QED) is 0.782. The van der Waals surface area contributed by atoms with Crippen LogP contribution in [0.15, 0.2) is 28.7 Å². The molecule has 1 aliphatic heterocycles. The van der Waals surface area contributed by atoms with Crippen LogP contribution in [0, 0.1) is 0 Å². The summed E-state index contributed by atoms with van der Waals surface area (Å²) in [6, 6.07) is 7.21. The predicted octanol–water partition coefficient (Wildman–Crippen LogP) is 3.29. The lowest BCUT2D eigenvalue weighted by molar-refractivity contribution is -0.144. The maximum absolute atomic E-state index is 13.1. The molecule has 0 bridgehead atoms. The third-order valence-electron chi connectivity index (χ3n) is 4.17. The molecule has 0 unspecified atom stereocenters. The highest BCUT2D eigenvalue weighted by Crippen LogP contribution is 2.36. The van der Waals surface area contributed by atoms with E-state index in [2.05, 4.69) is 31.2 Å². The van der Waals surface area contributed by atoms with Crippen LogP contribution in [0.1, 0.15) is 21.7 Å². The molecule has 1 aliphatic rings. The largest absolute Gasteiger partial charge is 0.434 e. The monoisotopic (exact) mass is 446 g/mol. The van der Waals surface area contributed by atoms with Crippen LogP contribution in [0.2, 0.25) is 0 Å². The highest BCUT2D eigenvalue weighted by molar-refractivity contribution is 9.10. The smallest absolute Gasteiger partial charge is 0.379 e. The number of nitrogens with zero attached hydrogens (tertiary/aromatic N) is 3. The van der Waals surface area contributed by atoms with Crippen molar-refractivity contribution in [1.82, 2.24) is 14.7 Å². The van der Waals surface area contributed by atoms with Gasteiger partial charge in [0, 0.05) is 32.4 Å². The molecule has 0 aliphatic carbocycles. The fourth-order valence-electron chi connectivity index (χ4n) is 2.91. The summed E-state index contributed by atoms with van der Waals surface area (Å²) in [5, 5.41) is 6.32. The minimum atomic E-state index is -4.61. The van der Waals surface area contributed by atoms with Crippen molar-refractivity contribution in [2.45, 2.75) is 12.7 Å². The Morgan fingerprint density at radius 2 is 2.04 bits per heavy atom. The Kier molecular flexibility index (Phi) is 5.87. The molecule has 1 aromatic carbocycles. The molecule has 1 amide bonds. The Hall–Kier alpha value is -1.91. The van der Waals surface area contributed by atoms with Crippen LogP contribution in [0.25, 0.3) is 0 Å². The van der Waals surface area contributed by atoms with Gasteiger partial charge in [-0.2, -0.15) is 18.3 Å². The number of carbonyl (C=O) groups excluding carboxylic acids is 1. The Labute approximate surface area is 162 Å². The van der Waals surface area contributed by atoms with E-state index in [0.717, 1.165) is 25.7 Å². The van der Waals surface area contributed by atoms with Gasteiger partial charge in [0.05, 0.1) is 17.7 Å². The number of ether oxygens (including phenoxy) is 1. The summed E-state index contributed by atoms with van der Waals surface area (Å²) in [6.07, 6.45) is -4.61. The molecule has 0 atom stereocenters. The number of aryl methyl sites for hydroxylation is 1. The molecule has 0 radical (unpaired) electrons. The zero-order chi connectivity index (χ0) is 19.6. The van der Waals surface area contributed by atoms with Crippen molar-refractivity contribution in [2.24, 2.45) is 7.05 Å². The Morgan fingerprint density at radius 3 is 2.67 bits per heavy atom. The van der Waals surface area contributed by atoms with E-state index < -0.39 is 17.8 Å². The number of benzene rings is 1. The molecule has 146 valence electrons. The molecule has 1 aromatic heterocycles. The van der Waals surface area contributed by atoms with Crippen molar-refractivity contribution in [2.75, 3.05) is 31.6 Å². The van der Waals surface area contributed by atoms with Crippen LogP contribution in [0.3, 0.4) is 0 Å². The van der Waals surface area contributed by atoms with Crippen molar-refractivity contribution in [3.05, 3.63) is 45.7 Å². The maximum Gasteiger partial charge on any atom is 0.434 e. The summed E-state index contributed by atoms with van der Waals surface area (Å²) in [5.41, 5.74) is 0.166. The molecule has 0 spiro atoms. The van der Waals surface area contributed by atoms with Gasteiger partial charge < -0.3 is 10.1 Å². The average molecular weight is 447 g/mol.